The van der Waals surface area contributed by atoms with Gasteiger partial charge in [0.05, 0.1) is 6.54 Å². The average Bonchev–Trinajstić information content (AvgIpc) is 3.44. The fourth-order valence-corrected chi connectivity index (χ4v) is 3.45. The quantitative estimate of drug-likeness (QED) is 0.727. The fourth-order valence-electron chi connectivity index (χ4n) is 3.45. The molecule has 0 spiro atoms. The van der Waals surface area contributed by atoms with E-state index in [1.165, 1.54) is 5.56 Å². The second-order valence-corrected chi connectivity index (χ2v) is 7.26. The number of para-hydroxylation sites is 1. The Labute approximate surface area is 155 Å². The Morgan fingerprint density at radius 2 is 1.81 bits per heavy atom. The van der Waals surface area contributed by atoms with E-state index >= 15 is 0 Å². The summed E-state index contributed by atoms with van der Waals surface area (Å²) in [6.45, 7) is 4.56. The summed E-state index contributed by atoms with van der Waals surface area (Å²) in [7, 11) is 0. The van der Waals surface area contributed by atoms with Crippen molar-refractivity contribution < 1.29 is 9.90 Å². The lowest BCUT2D eigenvalue weighted by atomic mass is 9.96. The molecule has 0 radical (unpaired) electrons. The van der Waals surface area contributed by atoms with Crippen LogP contribution in [0.15, 0.2) is 54.6 Å². The molecule has 138 valence electrons. The Bertz CT molecular complexity index is 726. The van der Waals surface area contributed by atoms with Crippen LogP contribution >= 0.6 is 0 Å². The first-order valence-corrected chi connectivity index (χ1v) is 9.44. The largest absolute Gasteiger partial charge is 0.508 e. The number of carbonyl (C=O) groups excluding carboxylic acids is 1. The topological polar surface area (TPSA) is 52.6 Å². The Hall–Kier alpha value is -2.33. The first-order valence-electron chi connectivity index (χ1n) is 9.44. The van der Waals surface area contributed by atoms with Crippen LogP contribution in [0.2, 0.25) is 0 Å². The minimum Gasteiger partial charge on any atom is -0.508 e. The van der Waals surface area contributed by atoms with E-state index in [4.69, 9.17) is 0 Å². The summed E-state index contributed by atoms with van der Waals surface area (Å²) >= 11 is 0. The highest BCUT2D eigenvalue weighted by atomic mass is 16.3. The lowest BCUT2D eigenvalue weighted by molar-refractivity contribution is -0.122. The monoisotopic (exact) mass is 352 g/mol. The Morgan fingerprint density at radius 1 is 1.12 bits per heavy atom. The van der Waals surface area contributed by atoms with Crippen LogP contribution in [0, 0.1) is 0 Å². The van der Waals surface area contributed by atoms with Gasteiger partial charge < -0.3 is 10.4 Å². The van der Waals surface area contributed by atoms with Crippen LogP contribution in [0.4, 0.5) is 0 Å². The molecule has 0 aliphatic heterocycles. The third-order valence-electron chi connectivity index (χ3n) is 5.16. The van der Waals surface area contributed by atoms with Crippen molar-refractivity contribution in [1.29, 1.82) is 0 Å². The van der Waals surface area contributed by atoms with Gasteiger partial charge in [0.15, 0.2) is 0 Å². The number of hydrogen-bond donors (Lipinski definition) is 2. The van der Waals surface area contributed by atoms with Gasteiger partial charge in [-0.3, -0.25) is 9.69 Å². The lowest BCUT2D eigenvalue weighted by Gasteiger charge is -2.23. The summed E-state index contributed by atoms with van der Waals surface area (Å²) in [5.41, 5.74) is 2.31. The molecule has 26 heavy (non-hydrogen) atoms. The van der Waals surface area contributed by atoms with E-state index in [2.05, 4.69) is 41.4 Å². The highest BCUT2D eigenvalue weighted by Gasteiger charge is 2.44. The normalized spacial score (nSPS) is 15.0. The zero-order chi connectivity index (χ0) is 18.4. The van der Waals surface area contributed by atoms with Crippen LogP contribution in [0.1, 0.15) is 37.3 Å². The van der Waals surface area contributed by atoms with E-state index < -0.39 is 0 Å². The van der Waals surface area contributed by atoms with Gasteiger partial charge in [-0.15, -0.1) is 0 Å². The standard InChI is InChI=1S/C22H28N2O2/c1-2-14-24(15-18-8-6-7-11-20(18)25)16-21(26)23-17-22(12-13-22)19-9-4-3-5-10-19/h3-11,25H,2,12-17H2,1H3,(H,23,26). The molecule has 0 heterocycles. The number of nitrogens with one attached hydrogen (secondary N) is 1. The van der Waals surface area contributed by atoms with Crippen molar-refractivity contribution in [1.82, 2.24) is 10.2 Å². The Balaban J connectivity index is 1.54. The third-order valence-corrected chi connectivity index (χ3v) is 5.16. The van der Waals surface area contributed by atoms with Crippen LogP contribution in [-0.4, -0.2) is 35.5 Å². The zero-order valence-corrected chi connectivity index (χ0v) is 15.4. The first kappa shape index (κ1) is 18.5. The van der Waals surface area contributed by atoms with Gasteiger partial charge in [-0.25, -0.2) is 0 Å². The summed E-state index contributed by atoms with van der Waals surface area (Å²) in [6, 6.07) is 17.8. The van der Waals surface area contributed by atoms with E-state index in [1.807, 2.05) is 24.3 Å². The number of amides is 1. The van der Waals surface area contributed by atoms with Gasteiger partial charge in [-0.2, -0.15) is 0 Å². The van der Waals surface area contributed by atoms with Gasteiger partial charge in [0.2, 0.25) is 5.91 Å². The van der Waals surface area contributed by atoms with E-state index in [0.29, 0.717) is 19.6 Å². The maximum absolute atomic E-state index is 12.5. The second kappa shape index (κ2) is 8.37. The molecule has 0 aromatic heterocycles. The Morgan fingerprint density at radius 3 is 2.46 bits per heavy atom. The molecule has 1 saturated carbocycles. The highest BCUT2D eigenvalue weighted by Crippen LogP contribution is 2.47. The minimum absolute atomic E-state index is 0.0519. The molecule has 3 rings (SSSR count). The number of rotatable bonds is 9. The number of phenolic OH excluding ortho intramolecular Hbond substituents is 1. The van der Waals surface area contributed by atoms with Crippen molar-refractivity contribution in [2.45, 2.75) is 38.1 Å². The number of aromatic hydroxyl groups is 1. The van der Waals surface area contributed by atoms with Gasteiger partial charge in [-0.1, -0.05) is 55.5 Å². The number of nitrogens with zero attached hydrogens (tertiary/aromatic N) is 1. The predicted octanol–water partition coefficient (Wildman–Crippen LogP) is 3.45. The molecule has 0 unspecified atom stereocenters. The van der Waals surface area contributed by atoms with E-state index in [-0.39, 0.29) is 17.1 Å². The minimum atomic E-state index is 0.0519. The van der Waals surface area contributed by atoms with Crippen molar-refractivity contribution in [3.05, 3.63) is 65.7 Å². The van der Waals surface area contributed by atoms with Gasteiger partial charge in [0.25, 0.3) is 0 Å². The van der Waals surface area contributed by atoms with Gasteiger partial charge >= 0.3 is 0 Å². The lowest BCUT2D eigenvalue weighted by Crippen LogP contribution is -2.40. The average molecular weight is 352 g/mol. The van der Waals surface area contributed by atoms with Crippen LogP contribution < -0.4 is 5.32 Å². The van der Waals surface area contributed by atoms with Crippen molar-refractivity contribution in [2.24, 2.45) is 0 Å². The van der Waals surface area contributed by atoms with Crippen LogP contribution in [0.5, 0.6) is 5.75 Å². The first-order chi connectivity index (χ1) is 12.6. The van der Waals surface area contributed by atoms with Crippen molar-refractivity contribution in [3.63, 3.8) is 0 Å². The molecule has 4 heteroatoms. The van der Waals surface area contributed by atoms with Crippen LogP contribution in [0.3, 0.4) is 0 Å². The predicted molar refractivity (Wildman–Crippen MR) is 104 cm³/mol. The molecule has 1 amide bonds. The van der Waals surface area contributed by atoms with E-state index in [9.17, 15) is 9.90 Å². The SMILES string of the molecule is CCCN(CC(=O)NCC1(c2ccccc2)CC1)Cc1ccccc1O. The van der Waals surface area contributed by atoms with Crippen molar-refractivity contribution >= 4 is 5.91 Å². The molecular formula is C22H28N2O2. The van der Waals surface area contributed by atoms with Crippen LogP contribution in [-0.2, 0) is 16.8 Å². The third kappa shape index (κ3) is 4.64. The van der Waals surface area contributed by atoms with Gasteiger partial charge in [0, 0.05) is 24.1 Å². The molecule has 2 N–H and O–H groups in total. The summed E-state index contributed by atoms with van der Waals surface area (Å²) in [5.74, 6) is 0.339. The molecule has 2 aromatic rings. The number of carbonyl (C=O) groups is 1. The summed E-state index contributed by atoms with van der Waals surface area (Å²) in [5, 5.41) is 13.1. The zero-order valence-electron chi connectivity index (χ0n) is 15.4. The Kier molecular flexibility index (Phi) is 5.94. The van der Waals surface area contributed by atoms with Gasteiger partial charge in [-0.05, 0) is 37.4 Å². The second-order valence-electron chi connectivity index (χ2n) is 7.26. The molecule has 1 fully saturated rings. The molecule has 1 aliphatic carbocycles. The number of benzene rings is 2. The van der Waals surface area contributed by atoms with E-state index in [1.54, 1.807) is 6.07 Å². The van der Waals surface area contributed by atoms with Crippen LogP contribution in [0.25, 0.3) is 0 Å². The fraction of sp³-hybridized carbons (Fsp3) is 0.409. The smallest absolute Gasteiger partial charge is 0.234 e. The van der Waals surface area contributed by atoms with Crippen molar-refractivity contribution in [2.75, 3.05) is 19.6 Å². The number of hydrogen-bond acceptors (Lipinski definition) is 3. The summed E-state index contributed by atoms with van der Waals surface area (Å²) in [6.07, 6.45) is 3.23. The van der Waals surface area contributed by atoms with Crippen molar-refractivity contribution in [3.8, 4) is 5.75 Å². The molecule has 0 atom stereocenters. The molecule has 1 aliphatic rings. The molecular weight excluding hydrogens is 324 g/mol. The maximum Gasteiger partial charge on any atom is 0.234 e. The molecule has 0 bridgehead atoms. The van der Waals surface area contributed by atoms with E-state index in [0.717, 1.165) is 31.4 Å². The summed E-state index contributed by atoms with van der Waals surface area (Å²) < 4.78 is 0. The molecule has 0 saturated heterocycles. The summed E-state index contributed by atoms with van der Waals surface area (Å²) in [4.78, 5) is 14.6. The molecule has 2 aromatic carbocycles. The molecule has 4 nitrogen and oxygen atoms in total. The number of phenols is 1. The van der Waals surface area contributed by atoms with Gasteiger partial charge in [0.1, 0.15) is 5.75 Å². The maximum atomic E-state index is 12.5. The highest BCUT2D eigenvalue weighted by molar-refractivity contribution is 5.78.